The number of aromatic amines is 1. The number of benzene rings is 1. The molecule has 0 atom stereocenters. The topological polar surface area (TPSA) is 88.0 Å². The molecular weight excluding hydrogens is 280 g/mol. The van der Waals surface area contributed by atoms with E-state index in [0.29, 0.717) is 11.8 Å². The van der Waals surface area contributed by atoms with Gasteiger partial charge in [-0.25, -0.2) is 4.39 Å². The van der Waals surface area contributed by atoms with Crippen molar-refractivity contribution in [1.82, 2.24) is 4.98 Å². The lowest BCUT2D eigenvalue weighted by molar-refractivity contribution is -0.386. The zero-order valence-electron chi connectivity index (χ0n) is 9.28. The molecule has 0 saturated heterocycles. The fourth-order valence-electron chi connectivity index (χ4n) is 1.48. The zero-order chi connectivity index (χ0) is 14.0. The van der Waals surface area contributed by atoms with E-state index in [4.69, 9.17) is 0 Å². The third-order valence-electron chi connectivity index (χ3n) is 2.25. The molecule has 9 heteroatoms. The number of nitrogens with one attached hydrogen (secondary N) is 2. The number of aromatic nitrogens is 1. The summed E-state index contributed by atoms with van der Waals surface area (Å²) in [4.78, 5) is 22.9. The number of nitro groups is 1. The van der Waals surface area contributed by atoms with E-state index in [1.165, 1.54) is 5.38 Å². The average molecular weight is 287 g/mol. The van der Waals surface area contributed by atoms with E-state index < -0.39 is 22.2 Å². The number of nitro benzene ring substituents is 1. The molecule has 0 aliphatic heterocycles. The summed E-state index contributed by atoms with van der Waals surface area (Å²) < 4.78 is 26.4. The number of hydrogen-bond acceptors (Lipinski definition) is 5. The van der Waals surface area contributed by atoms with E-state index in [0.717, 1.165) is 17.4 Å². The van der Waals surface area contributed by atoms with E-state index in [-0.39, 0.29) is 17.1 Å². The zero-order valence-corrected chi connectivity index (χ0v) is 10.1. The first-order valence-corrected chi connectivity index (χ1v) is 5.89. The molecule has 100 valence electrons. The number of H-pyrrole nitrogens is 1. The number of rotatable bonds is 4. The molecule has 1 heterocycles. The van der Waals surface area contributed by atoms with Gasteiger partial charge in [-0.1, -0.05) is 11.3 Å². The van der Waals surface area contributed by atoms with Gasteiger partial charge in [0.2, 0.25) is 5.82 Å². The van der Waals surface area contributed by atoms with Crippen LogP contribution in [-0.4, -0.2) is 9.91 Å². The third kappa shape index (κ3) is 2.94. The van der Waals surface area contributed by atoms with Gasteiger partial charge in [0.1, 0.15) is 11.5 Å². The molecule has 0 fully saturated rings. The van der Waals surface area contributed by atoms with Crippen molar-refractivity contribution in [3.63, 3.8) is 0 Å². The van der Waals surface area contributed by atoms with Crippen molar-refractivity contribution >= 4 is 22.7 Å². The molecule has 0 aliphatic carbocycles. The van der Waals surface area contributed by atoms with E-state index in [1.54, 1.807) is 0 Å². The van der Waals surface area contributed by atoms with Gasteiger partial charge in [-0.3, -0.25) is 14.9 Å². The fraction of sp³-hybridized carbons (Fsp3) is 0.100. The van der Waals surface area contributed by atoms with E-state index in [9.17, 15) is 23.7 Å². The number of hydrogen-bond donors (Lipinski definition) is 2. The molecule has 0 radical (unpaired) electrons. The van der Waals surface area contributed by atoms with Crippen LogP contribution in [0.5, 0.6) is 0 Å². The quantitative estimate of drug-likeness (QED) is 0.666. The number of thiazole rings is 1. The van der Waals surface area contributed by atoms with Crippen molar-refractivity contribution in [3.05, 3.63) is 54.6 Å². The molecule has 2 rings (SSSR count). The lowest BCUT2D eigenvalue weighted by Gasteiger charge is -2.06. The van der Waals surface area contributed by atoms with Gasteiger partial charge in [0.05, 0.1) is 11.5 Å². The molecule has 2 aromatic rings. The molecule has 0 amide bonds. The van der Waals surface area contributed by atoms with Crippen molar-refractivity contribution in [2.75, 3.05) is 5.32 Å². The minimum atomic E-state index is -1.26. The standard InChI is InChI=1S/C10H7F2N3O3S/c11-5-1-7(12)9(15(17)18)8(2-5)13-3-6-4-19-10(16)14-6/h1-2,4,13H,3H2,(H,14,16). The Morgan fingerprint density at radius 3 is 2.74 bits per heavy atom. The molecule has 0 aliphatic rings. The highest BCUT2D eigenvalue weighted by Crippen LogP contribution is 2.29. The van der Waals surface area contributed by atoms with Crippen molar-refractivity contribution < 1.29 is 13.7 Å². The Morgan fingerprint density at radius 2 is 2.16 bits per heavy atom. The van der Waals surface area contributed by atoms with Crippen LogP contribution in [-0.2, 0) is 6.54 Å². The van der Waals surface area contributed by atoms with E-state index >= 15 is 0 Å². The molecule has 19 heavy (non-hydrogen) atoms. The van der Waals surface area contributed by atoms with Crippen LogP contribution in [0.25, 0.3) is 0 Å². The highest BCUT2D eigenvalue weighted by molar-refractivity contribution is 7.07. The first kappa shape index (κ1) is 13.1. The molecule has 0 spiro atoms. The Labute approximate surface area is 108 Å². The fourth-order valence-corrected chi connectivity index (χ4v) is 2.06. The van der Waals surface area contributed by atoms with Gasteiger partial charge in [-0.2, -0.15) is 4.39 Å². The van der Waals surface area contributed by atoms with Crippen molar-refractivity contribution in [3.8, 4) is 0 Å². The van der Waals surface area contributed by atoms with Crippen LogP contribution in [0.4, 0.5) is 20.2 Å². The largest absolute Gasteiger partial charge is 0.374 e. The van der Waals surface area contributed by atoms with Crippen molar-refractivity contribution in [2.45, 2.75) is 6.54 Å². The molecule has 2 N–H and O–H groups in total. The lowest BCUT2D eigenvalue weighted by atomic mass is 10.2. The van der Waals surface area contributed by atoms with Gasteiger partial charge in [0.15, 0.2) is 0 Å². The van der Waals surface area contributed by atoms with Gasteiger partial charge in [0, 0.05) is 23.2 Å². The second kappa shape index (κ2) is 5.14. The van der Waals surface area contributed by atoms with Gasteiger partial charge in [-0.05, 0) is 0 Å². The lowest BCUT2D eigenvalue weighted by Crippen LogP contribution is -2.06. The second-order valence-corrected chi connectivity index (χ2v) is 4.41. The summed E-state index contributed by atoms with van der Waals surface area (Å²) in [5.41, 5.74) is -0.650. The summed E-state index contributed by atoms with van der Waals surface area (Å²) in [6.07, 6.45) is 0. The minimum Gasteiger partial charge on any atom is -0.374 e. The predicted molar refractivity (Wildman–Crippen MR) is 65.3 cm³/mol. The number of anilines is 1. The molecule has 0 saturated carbocycles. The Balaban J connectivity index is 2.28. The third-order valence-corrected chi connectivity index (χ3v) is 2.97. The summed E-state index contributed by atoms with van der Waals surface area (Å²) in [6, 6.07) is 1.27. The van der Waals surface area contributed by atoms with Gasteiger partial charge in [-0.15, -0.1) is 0 Å². The van der Waals surface area contributed by atoms with Crippen LogP contribution in [0.3, 0.4) is 0 Å². The Bertz CT molecular complexity index is 683. The monoisotopic (exact) mass is 287 g/mol. The van der Waals surface area contributed by atoms with Crippen LogP contribution < -0.4 is 10.2 Å². The van der Waals surface area contributed by atoms with Gasteiger partial charge >= 0.3 is 10.6 Å². The maximum atomic E-state index is 13.3. The Morgan fingerprint density at radius 1 is 1.42 bits per heavy atom. The summed E-state index contributed by atoms with van der Waals surface area (Å²) in [7, 11) is 0. The van der Waals surface area contributed by atoms with Crippen LogP contribution in [0.1, 0.15) is 5.69 Å². The predicted octanol–water partition coefficient (Wildman–Crippen LogP) is 2.23. The highest BCUT2D eigenvalue weighted by atomic mass is 32.1. The first-order valence-electron chi connectivity index (χ1n) is 5.01. The summed E-state index contributed by atoms with van der Waals surface area (Å²) in [5, 5.41) is 14.7. The molecule has 1 aromatic heterocycles. The van der Waals surface area contributed by atoms with E-state index in [1.807, 2.05) is 0 Å². The number of nitrogens with zero attached hydrogens (tertiary/aromatic N) is 1. The van der Waals surface area contributed by atoms with Gasteiger partial charge < -0.3 is 10.3 Å². The molecule has 1 aromatic carbocycles. The van der Waals surface area contributed by atoms with Crippen LogP contribution >= 0.6 is 11.3 Å². The van der Waals surface area contributed by atoms with Crippen LogP contribution in [0, 0.1) is 21.7 Å². The van der Waals surface area contributed by atoms with Crippen molar-refractivity contribution in [2.24, 2.45) is 0 Å². The summed E-state index contributed by atoms with van der Waals surface area (Å²) in [6.45, 7) is 0.0163. The normalized spacial score (nSPS) is 10.4. The van der Waals surface area contributed by atoms with Gasteiger partial charge in [0.25, 0.3) is 0 Å². The Hall–Kier alpha value is -2.29. The maximum Gasteiger partial charge on any atom is 0.327 e. The van der Waals surface area contributed by atoms with Crippen LogP contribution in [0.15, 0.2) is 22.3 Å². The molecular formula is C10H7F2N3O3S. The molecule has 0 bridgehead atoms. The van der Waals surface area contributed by atoms with Crippen LogP contribution in [0.2, 0.25) is 0 Å². The minimum absolute atomic E-state index is 0.0163. The van der Waals surface area contributed by atoms with Crippen molar-refractivity contribution in [1.29, 1.82) is 0 Å². The highest BCUT2D eigenvalue weighted by Gasteiger charge is 2.21. The molecule has 6 nitrogen and oxygen atoms in total. The average Bonchev–Trinajstić information content (AvgIpc) is 2.71. The Kier molecular flexibility index (Phi) is 3.56. The maximum absolute atomic E-state index is 13.3. The summed E-state index contributed by atoms with van der Waals surface area (Å²) >= 11 is 0.923. The second-order valence-electron chi connectivity index (χ2n) is 3.57. The SMILES string of the molecule is O=c1[nH]c(CNc2cc(F)cc(F)c2[N+](=O)[O-])cs1. The van der Waals surface area contributed by atoms with E-state index in [2.05, 4.69) is 10.3 Å². The first-order chi connectivity index (χ1) is 8.97. The number of halogens is 2. The molecule has 0 unspecified atom stereocenters. The summed E-state index contributed by atoms with van der Waals surface area (Å²) in [5.74, 6) is -2.18. The smallest absolute Gasteiger partial charge is 0.327 e.